The van der Waals surface area contributed by atoms with Gasteiger partial charge in [0.1, 0.15) is 5.69 Å². The number of aromatic nitrogens is 1. The zero-order chi connectivity index (χ0) is 8.43. The maximum atomic E-state index is 12.1. The van der Waals surface area contributed by atoms with Crippen molar-refractivity contribution in [1.29, 1.82) is 0 Å². The quantitative estimate of drug-likeness (QED) is 0.678. The van der Waals surface area contributed by atoms with Gasteiger partial charge in [0.25, 0.3) is 6.43 Å². The SMILES string of the molecule is Cc1ccnc(C(F)F)c1N. The molecule has 0 saturated carbocycles. The summed E-state index contributed by atoms with van der Waals surface area (Å²) in [6.07, 6.45) is -1.26. The third-order valence-corrected chi connectivity index (χ3v) is 1.45. The summed E-state index contributed by atoms with van der Waals surface area (Å²) in [5, 5.41) is 0. The zero-order valence-corrected chi connectivity index (χ0v) is 6.01. The number of rotatable bonds is 1. The van der Waals surface area contributed by atoms with Gasteiger partial charge in [0.05, 0.1) is 5.69 Å². The molecule has 0 bridgehead atoms. The average Bonchev–Trinajstić information content (AvgIpc) is 1.94. The first-order valence-corrected chi connectivity index (χ1v) is 3.12. The second-order valence-electron chi connectivity index (χ2n) is 2.23. The highest BCUT2D eigenvalue weighted by Gasteiger charge is 2.13. The molecule has 0 atom stereocenters. The Hall–Kier alpha value is -1.19. The molecule has 0 radical (unpaired) electrons. The highest BCUT2D eigenvalue weighted by Crippen LogP contribution is 2.24. The van der Waals surface area contributed by atoms with Gasteiger partial charge in [-0.05, 0) is 18.6 Å². The molecule has 0 aliphatic rings. The van der Waals surface area contributed by atoms with Gasteiger partial charge >= 0.3 is 0 Å². The van der Waals surface area contributed by atoms with Gasteiger partial charge in [-0.2, -0.15) is 0 Å². The number of pyridine rings is 1. The lowest BCUT2D eigenvalue weighted by molar-refractivity contribution is 0.147. The van der Waals surface area contributed by atoms with Crippen molar-refractivity contribution in [3.05, 3.63) is 23.5 Å². The molecule has 0 aliphatic heterocycles. The van der Waals surface area contributed by atoms with Crippen molar-refractivity contribution in [3.8, 4) is 0 Å². The maximum absolute atomic E-state index is 12.1. The van der Waals surface area contributed by atoms with Crippen LogP contribution in [0.25, 0.3) is 0 Å². The van der Waals surface area contributed by atoms with E-state index in [1.807, 2.05) is 0 Å². The normalized spacial score (nSPS) is 10.5. The Balaban J connectivity index is 3.17. The Morgan fingerprint density at radius 3 is 2.64 bits per heavy atom. The van der Waals surface area contributed by atoms with E-state index < -0.39 is 6.43 Å². The fourth-order valence-electron chi connectivity index (χ4n) is 0.765. The Morgan fingerprint density at radius 1 is 1.55 bits per heavy atom. The molecule has 1 heterocycles. The van der Waals surface area contributed by atoms with Crippen LogP contribution in [0.4, 0.5) is 14.5 Å². The summed E-state index contributed by atoms with van der Waals surface area (Å²) in [5.74, 6) is 0. The van der Waals surface area contributed by atoms with Crippen LogP contribution in [0.5, 0.6) is 0 Å². The van der Waals surface area contributed by atoms with E-state index in [2.05, 4.69) is 4.98 Å². The number of aryl methyl sites for hydroxylation is 1. The Kier molecular flexibility index (Phi) is 2.03. The molecule has 2 nitrogen and oxygen atoms in total. The third-order valence-electron chi connectivity index (χ3n) is 1.45. The minimum absolute atomic E-state index is 0.0856. The fraction of sp³-hybridized carbons (Fsp3) is 0.286. The number of nitrogens with two attached hydrogens (primary N) is 1. The first-order chi connectivity index (χ1) is 5.13. The van der Waals surface area contributed by atoms with E-state index >= 15 is 0 Å². The number of anilines is 1. The van der Waals surface area contributed by atoms with E-state index in [1.54, 1.807) is 13.0 Å². The summed E-state index contributed by atoms with van der Waals surface area (Å²) in [7, 11) is 0. The Bertz CT molecular complexity index is 261. The van der Waals surface area contributed by atoms with Crippen molar-refractivity contribution in [2.75, 3.05) is 5.73 Å². The predicted molar refractivity (Wildman–Crippen MR) is 38.3 cm³/mol. The van der Waals surface area contributed by atoms with E-state index in [0.717, 1.165) is 0 Å². The number of alkyl halides is 2. The molecule has 1 rings (SSSR count). The van der Waals surface area contributed by atoms with Crippen molar-refractivity contribution >= 4 is 5.69 Å². The summed E-state index contributed by atoms with van der Waals surface area (Å²) in [4.78, 5) is 3.46. The molecule has 0 fully saturated rings. The van der Waals surface area contributed by atoms with E-state index in [-0.39, 0.29) is 11.4 Å². The second-order valence-corrected chi connectivity index (χ2v) is 2.23. The number of nitrogen functional groups attached to an aromatic ring is 1. The number of halogens is 2. The summed E-state index contributed by atoms with van der Waals surface area (Å²) >= 11 is 0. The van der Waals surface area contributed by atoms with Crippen LogP contribution in [-0.2, 0) is 0 Å². The van der Waals surface area contributed by atoms with Gasteiger partial charge in [0.2, 0.25) is 0 Å². The topological polar surface area (TPSA) is 38.9 Å². The molecule has 0 aromatic carbocycles. The molecule has 0 saturated heterocycles. The van der Waals surface area contributed by atoms with Crippen LogP contribution in [0, 0.1) is 6.92 Å². The molecule has 0 aliphatic carbocycles. The van der Waals surface area contributed by atoms with Crippen molar-refractivity contribution in [2.45, 2.75) is 13.3 Å². The first kappa shape index (κ1) is 7.91. The minimum atomic E-state index is -2.59. The monoisotopic (exact) mass is 158 g/mol. The molecular weight excluding hydrogens is 150 g/mol. The number of hydrogen-bond acceptors (Lipinski definition) is 2. The molecule has 2 N–H and O–H groups in total. The fourth-order valence-corrected chi connectivity index (χ4v) is 0.765. The minimum Gasteiger partial charge on any atom is -0.397 e. The average molecular weight is 158 g/mol. The van der Waals surface area contributed by atoms with Crippen LogP contribution in [-0.4, -0.2) is 4.98 Å². The standard InChI is InChI=1S/C7H8F2N2/c1-4-2-3-11-6(5(4)10)7(8)9/h2-3,7H,10H2,1H3. The van der Waals surface area contributed by atoms with Gasteiger partial charge in [-0.25, -0.2) is 8.78 Å². The van der Waals surface area contributed by atoms with Gasteiger partial charge in [0.15, 0.2) is 0 Å². The lowest BCUT2D eigenvalue weighted by atomic mass is 10.2. The van der Waals surface area contributed by atoms with Crippen LogP contribution in [0.2, 0.25) is 0 Å². The van der Waals surface area contributed by atoms with E-state index in [9.17, 15) is 8.78 Å². The molecule has 1 aromatic heterocycles. The van der Waals surface area contributed by atoms with Crippen LogP contribution in [0.15, 0.2) is 12.3 Å². The molecule has 4 heteroatoms. The number of nitrogens with zero attached hydrogens (tertiary/aromatic N) is 1. The second kappa shape index (κ2) is 2.82. The lowest BCUT2D eigenvalue weighted by Crippen LogP contribution is -1.99. The highest BCUT2D eigenvalue weighted by molar-refractivity contribution is 5.49. The van der Waals surface area contributed by atoms with Crippen molar-refractivity contribution in [3.63, 3.8) is 0 Å². The Morgan fingerprint density at radius 2 is 2.18 bits per heavy atom. The van der Waals surface area contributed by atoms with E-state index in [4.69, 9.17) is 5.73 Å². The van der Waals surface area contributed by atoms with Gasteiger partial charge in [-0.15, -0.1) is 0 Å². The molecule has 0 spiro atoms. The van der Waals surface area contributed by atoms with Crippen molar-refractivity contribution in [2.24, 2.45) is 0 Å². The lowest BCUT2D eigenvalue weighted by Gasteiger charge is -2.04. The summed E-state index contributed by atoms with van der Waals surface area (Å²) in [5.41, 5.74) is 5.73. The van der Waals surface area contributed by atoms with E-state index in [1.165, 1.54) is 6.20 Å². The Labute approximate surface area is 63.1 Å². The molecule has 0 unspecified atom stereocenters. The van der Waals surface area contributed by atoms with Gasteiger partial charge in [-0.1, -0.05) is 0 Å². The van der Waals surface area contributed by atoms with Gasteiger partial charge in [0, 0.05) is 6.20 Å². The van der Waals surface area contributed by atoms with E-state index in [0.29, 0.717) is 5.56 Å². The van der Waals surface area contributed by atoms with Crippen LogP contribution in [0.3, 0.4) is 0 Å². The van der Waals surface area contributed by atoms with Crippen molar-refractivity contribution in [1.82, 2.24) is 4.98 Å². The van der Waals surface area contributed by atoms with Crippen molar-refractivity contribution < 1.29 is 8.78 Å². The molecule has 60 valence electrons. The maximum Gasteiger partial charge on any atom is 0.282 e. The van der Waals surface area contributed by atoms with Crippen LogP contribution in [0.1, 0.15) is 17.7 Å². The third kappa shape index (κ3) is 1.45. The number of hydrogen-bond donors (Lipinski definition) is 1. The highest BCUT2D eigenvalue weighted by atomic mass is 19.3. The zero-order valence-electron chi connectivity index (χ0n) is 6.01. The first-order valence-electron chi connectivity index (χ1n) is 3.12. The largest absolute Gasteiger partial charge is 0.397 e. The smallest absolute Gasteiger partial charge is 0.282 e. The molecule has 0 amide bonds. The van der Waals surface area contributed by atoms with Crippen LogP contribution < -0.4 is 5.73 Å². The molecular formula is C7H8F2N2. The molecule has 11 heavy (non-hydrogen) atoms. The molecule has 1 aromatic rings. The predicted octanol–water partition coefficient (Wildman–Crippen LogP) is 1.91. The summed E-state index contributed by atoms with van der Waals surface area (Å²) < 4.78 is 24.1. The van der Waals surface area contributed by atoms with Gasteiger partial charge in [-0.3, -0.25) is 4.98 Å². The summed E-state index contributed by atoms with van der Waals surface area (Å²) in [6.45, 7) is 1.67. The van der Waals surface area contributed by atoms with Gasteiger partial charge < -0.3 is 5.73 Å². The summed E-state index contributed by atoms with van der Waals surface area (Å²) in [6, 6.07) is 1.60. The van der Waals surface area contributed by atoms with Crippen LogP contribution >= 0.6 is 0 Å².